The summed E-state index contributed by atoms with van der Waals surface area (Å²) in [7, 11) is 0. The van der Waals surface area contributed by atoms with E-state index in [1.54, 1.807) is 23.9 Å². The largest absolute Gasteiger partial charge is 0.335 e. The van der Waals surface area contributed by atoms with E-state index in [9.17, 15) is 4.39 Å². The first kappa shape index (κ1) is 13.0. The van der Waals surface area contributed by atoms with Gasteiger partial charge in [0.05, 0.1) is 5.54 Å². The number of halogens is 1. The van der Waals surface area contributed by atoms with E-state index in [4.69, 9.17) is 4.99 Å². The molecule has 2 nitrogen and oxygen atoms in total. The quantitative estimate of drug-likeness (QED) is 0.828. The molecule has 4 heteroatoms. The maximum atomic E-state index is 12.9. The molecule has 3 rings (SSSR count). The molecule has 1 fully saturated rings. The number of benzene rings is 1. The summed E-state index contributed by atoms with van der Waals surface area (Å²) in [6, 6.07) is 6.46. The minimum Gasteiger partial charge on any atom is -0.335 e. The number of thioether (sulfide) groups is 1. The maximum Gasteiger partial charge on any atom is 0.161 e. The minimum absolute atomic E-state index is 0.157. The minimum atomic E-state index is -0.205. The topological polar surface area (TPSA) is 24.4 Å². The third-order valence-corrected chi connectivity index (χ3v) is 5.13. The van der Waals surface area contributed by atoms with Crippen molar-refractivity contribution in [2.24, 2.45) is 10.9 Å². The Labute approximate surface area is 117 Å². The number of nitrogens with one attached hydrogen (secondary N) is 1. The number of rotatable bonds is 1. The molecule has 0 radical (unpaired) electrons. The van der Waals surface area contributed by atoms with Crippen LogP contribution in [0.2, 0.25) is 0 Å². The summed E-state index contributed by atoms with van der Waals surface area (Å²) < 4.78 is 12.9. The molecule has 2 aliphatic rings. The average molecular weight is 278 g/mol. The van der Waals surface area contributed by atoms with E-state index >= 15 is 0 Å². The first-order valence-electron chi connectivity index (χ1n) is 6.90. The summed E-state index contributed by atoms with van der Waals surface area (Å²) in [4.78, 5) is 4.92. The van der Waals surface area contributed by atoms with Crippen LogP contribution in [0, 0.1) is 11.7 Å². The molecular formula is C15H19FN2S. The Morgan fingerprint density at radius 2 is 2.16 bits per heavy atom. The van der Waals surface area contributed by atoms with Crippen molar-refractivity contribution >= 4 is 22.6 Å². The molecule has 1 aliphatic carbocycles. The van der Waals surface area contributed by atoms with Crippen molar-refractivity contribution in [2.45, 2.75) is 38.1 Å². The molecule has 0 saturated heterocycles. The van der Waals surface area contributed by atoms with Crippen LogP contribution in [0.3, 0.4) is 0 Å². The SMILES string of the molecule is CC1CCCC2(CSC(Nc3ccc(F)cc3)=N2)C1. The van der Waals surface area contributed by atoms with Crippen LogP contribution in [0.1, 0.15) is 32.6 Å². The molecule has 1 aliphatic heterocycles. The van der Waals surface area contributed by atoms with E-state index in [1.165, 1.54) is 37.8 Å². The Morgan fingerprint density at radius 1 is 1.37 bits per heavy atom. The predicted molar refractivity (Wildman–Crippen MR) is 80.3 cm³/mol. The van der Waals surface area contributed by atoms with Crippen molar-refractivity contribution in [3.05, 3.63) is 30.1 Å². The highest BCUT2D eigenvalue weighted by Gasteiger charge is 2.39. The van der Waals surface area contributed by atoms with Crippen LogP contribution in [-0.4, -0.2) is 16.5 Å². The van der Waals surface area contributed by atoms with Gasteiger partial charge < -0.3 is 5.32 Å². The number of nitrogens with zero attached hydrogens (tertiary/aromatic N) is 1. The van der Waals surface area contributed by atoms with Gasteiger partial charge in [0, 0.05) is 11.4 Å². The van der Waals surface area contributed by atoms with Crippen LogP contribution < -0.4 is 5.32 Å². The summed E-state index contributed by atoms with van der Waals surface area (Å²) in [5.74, 6) is 1.66. The first-order valence-corrected chi connectivity index (χ1v) is 7.89. The van der Waals surface area contributed by atoms with Crippen molar-refractivity contribution < 1.29 is 4.39 Å². The Morgan fingerprint density at radius 3 is 2.89 bits per heavy atom. The average Bonchev–Trinajstić information content (AvgIpc) is 2.75. The molecule has 2 atom stereocenters. The van der Waals surface area contributed by atoms with Crippen molar-refractivity contribution in [3.8, 4) is 0 Å². The number of amidine groups is 1. The molecule has 0 aromatic heterocycles. The predicted octanol–water partition coefficient (Wildman–Crippen LogP) is 4.29. The summed E-state index contributed by atoms with van der Waals surface area (Å²) in [5.41, 5.74) is 1.07. The smallest absolute Gasteiger partial charge is 0.161 e. The Hall–Kier alpha value is -1.03. The summed E-state index contributed by atoms with van der Waals surface area (Å²) in [5, 5.41) is 4.29. The monoisotopic (exact) mass is 278 g/mol. The Balaban J connectivity index is 1.71. The van der Waals surface area contributed by atoms with Gasteiger partial charge in [-0.25, -0.2) is 4.39 Å². The molecule has 1 heterocycles. The highest BCUT2D eigenvalue weighted by Crippen LogP contribution is 2.42. The van der Waals surface area contributed by atoms with E-state index in [0.717, 1.165) is 22.5 Å². The fraction of sp³-hybridized carbons (Fsp3) is 0.533. The second-order valence-electron chi connectivity index (χ2n) is 5.76. The van der Waals surface area contributed by atoms with Gasteiger partial charge in [-0.15, -0.1) is 0 Å². The van der Waals surface area contributed by atoms with Gasteiger partial charge in [0.15, 0.2) is 5.17 Å². The zero-order chi connectivity index (χ0) is 13.3. The van der Waals surface area contributed by atoms with Crippen LogP contribution in [0.4, 0.5) is 10.1 Å². The highest BCUT2D eigenvalue weighted by atomic mass is 32.2. The van der Waals surface area contributed by atoms with E-state index < -0.39 is 0 Å². The normalized spacial score (nSPS) is 30.4. The van der Waals surface area contributed by atoms with Gasteiger partial charge in [-0.1, -0.05) is 31.5 Å². The molecule has 2 unspecified atom stereocenters. The molecule has 0 bridgehead atoms. The molecule has 1 aromatic carbocycles. The third-order valence-electron chi connectivity index (χ3n) is 3.98. The zero-order valence-corrected chi connectivity index (χ0v) is 12.0. The molecule has 0 amide bonds. The lowest BCUT2D eigenvalue weighted by atomic mass is 9.78. The van der Waals surface area contributed by atoms with E-state index in [-0.39, 0.29) is 11.4 Å². The Bertz CT molecular complexity index is 485. The summed E-state index contributed by atoms with van der Waals surface area (Å²) in [6.45, 7) is 2.33. The second-order valence-corrected chi connectivity index (χ2v) is 6.73. The second kappa shape index (κ2) is 5.16. The fourth-order valence-corrected chi connectivity index (χ4v) is 4.25. The molecule has 102 valence electrons. The molecule has 1 spiro atoms. The van der Waals surface area contributed by atoms with E-state index in [1.807, 2.05) is 0 Å². The number of hydrogen-bond acceptors (Lipinski definition) is 3. The van der Waals surface area contributed by atoms with Gasteiger partial charge in [0.2, 0.25) is 0 Å². The lowest BCUT2D eigenvalue weighted by Gasteiger charge is -2.33. The van der Waals surface area contributed by atoms with Crippen LogP contribution >= 0.6 is 11.8 Å². The van der Waals surface area contributed by atoms with Gasteiger partial charge in [0.1, 0.15) is 5.82 Å². The third kappa shape index (κ3) is 2.94. The van der Waals surface area contributed by atoms with E-state index in [0.29, 0.717) is 0 Å². The number of aliphatic imine (C=N–C) groups is 1. The van der Waals surface area contributed by atoms with Gasteiger partial charge >= 0.3 is 0 Å². The summed E-state index contributed by atoms with van der Waals surface area (Å²) >= 11 is 1.79. The Kier molecular flexibility index (Phi) is 3.52. The van der Waals surface area contributed by atoms with Gasteiger partial charge in [0.25, 0.3) is 0 Å². The number of anilines is 1. The lowest BCUT2D eigenvalue weighted by molar-refractivity contribution is 0.266. The molecular weight excluding hydrogens is 259 g/mol. The van der Waals surface area contributed by atoms with Crippen LogP contribution in [0.15, 0.2) is 29.3 Å². The van der Waals surface area contributed by atoms with Crippen molar-refractivity contribution in [2.75, 3.05) is 11.1 Å². The first-order chi connectivity index (χ1) is 9.15. The van der Waals surface area contributed by atoms with Gasteiger partial charge in [-0.05, 0) is 43.0 Å². The molecule has 1 N–H and O–H groups in total. The van der Waals surface area contributed by atoms with Crippen LogP contribution in [0.25, 0.3) is 0 Å². The van der Waals surface area contributed by atoms with Gasteiger partial charge in [-0.3, -0.25) is 4.99 Å². The summed E-state index contributed by atoms with van der Waals surface area (Å²) in [6.07, 6.45) is 5.03. The standard InChI is InChI=1S/C15H19FN2S/c1-11-3-2-8-15(9-11)10-19-14(18-15)17-13-6-4-12(16)5-7-13/h4-7,11H,2-3,8-10H2,1H3,(H,17,18). The molecule has 19 heavy (non-hydrogen) atoms. The van der Waals surface area contributed by atoms with Crippen LogP contribution in [-0.2, 0) is 0 Å². The van der Waals surface area contributed by atoms with Crippen molar-refractivity contribution in [1.29, 1.82) is 0 Å². The zero-order valence-electron chi connectivity index (χ0n) is 11.2. The van der Waals surface area contributed by atoms with E-state index in [2.05, 4.69) is 12.2 Å². The van der Waals surface area contributed by atoms with Gasteiger partial charge in [-0.2, -0.15) is 0 Å². The van der Waals surface area contributed by atoms with Crippen molar-refractivity contribution in [3.63, 3.8) is 0 Å². The van der Waals surface area contributed by atoms with Crippen molar-refractivity contribution in [1.82, 2.24) is 0 Å². The lowest BCUT2D eigenvalue weighted by Crippen LogP contribution is -2.33. The maximum absolute atomic E-state index is 12.9. The fourth-order valence-electron chi connectivity index (χ4n) is 3.07. The highest BCUT2D eigenvalue weighted by molar-refractivity contribution is 8.14. The van der Waals surface area contributed by atoms with Crippen LogP contribution in [0.5, 0.6) is 0 Å². The molecule has 1 saturated carbocycles. The number of hydrogen-bond donors (Lipinski definition) is 1. The molecule has 1 aromatic rings.